The number of carbonyl (C=O) groups excluding carboxylic acids is 1. The zero-order valence-corrected chi connectivity index (χ0v) is 13.5. The van der Waals surface area contributed by atoms with E-state index >= 15 is 0 Å². The van der Waals surface area contributed by atoms with Gasteiger partial charge in [0.05, 0.1) is 18.6 Å². The van der Waals surface area contributed by atoms with Gasteiger partial charge in [-0.1, -0.05) is 54.6 Å². The van der Waals surface area contributed by atoms with E-state index < -0.39 is 29.5 Å². The average molecular weight is 335 g/mol. The van der Waals surface area contributed by atoms with Crippen LogP contribution in [0, 0.1) is 11.8 Å². The maximum atomic E-state index is 13.0. The third-order valence-electron chi connectivity index (χ3n) is 5.71. The summed E-state index contributed by atoms with van der Waals surface area (Å²) >= 11 is 0. The summed E-state index contributed by atoms with van der Waals surface area (Å²) in [4.78, 5) is 26.4. The molecule has 2 aromatic rings. The van der Waals surface area contributed by atoms with Crippen LogP contribution in [0.3, 0.4) is 0 Å². The number of hydrogen-bond donors (Lipinski definition) is 1. The molecule has 3 heterocycles. The molecule has 0 radical (unpaired) electrons. The smallest absolute Gasteiger partial charge is 0.310 e. The molecule has 126 valence electrons. The average Bonchev–Trinajstić information content (AvgIpc) is 3.24. The topological polar surface area (TPSA) is 66.8 Å². The van der Waals surface area contributed by atoms with Gasteiger partial charge in [0.15, 0.2) is 0 Å². The van der Waals surface area contributed by atoms with Crippen LogP contribution in [0.2, 0.25) is 0 Å². The molecule has 4 atom stereocenters. The molecule has 4 unspecified atom stereocenters. The van der Waals surface area contributed by atoms with E-state index in [1.807, 2.05) is 48.5 Å². The van der Waals surface area contributed by atoms with Crippen molar-refractivity contribution >= 4 is 22.6 Å². The highest BCUT2D eigenvalue weighted by atomic mass is 16.5. The molecule has 5 rings (SSSR count). The Balaban J connectivity index is 1.50. The van der Waals surface area contributed by atoms with E-state index in [4.69, 9.17) is 4.74 Å². The Morgan fingerprint density at radius 2 is 2.04 bits per heavy atom. The van der Waals surface area contributed by atoms with Gasteiger partial charge in [0.25, 0.3) is 0 Å². The minimum absolute atomic E-state index is 0.118. The Hall–Kier alpha value is -2.66. The molecule has 25 heavy (non-hydrogen) atoms. The molecule has 1 amide bonds. The Morgan fingerprint density at radius 1 is 1.24 bits per heavy atom. The second-order valence-electron chi connectivity index (χ2n) is 7.07. The van der Waals surface area contributed by atoms with Gasteiger partial charge in [0, 0.05) is 6.54 Å². The third-order valence-corrected chi connectivity index (χ3v) is 5.71. The number of fused-ring (bicyclic) bond motifs is 2. The van der Waals surface area contributed by atoms with Gasteiger partial charge in [0.1, 0.15) is 11.5 Å². The summed E-state index contributed by atoms with van der Waals surface area (Å²) in [5.74, 6) is -2.47. The molecular weight excluding hydrogens is 318 g/mol. The molecule has 2 saturated heterocycles. The second-order valence-corrected chi connectivity index (χ2v) is 7.07. The van der Waals surface area contributed by atoms with Crippen molar-refractivity contribution in [3.63, 3.8) is 0 Å². The first-order valence-electron chi connectivity index (χ1n) is 8.44. The van der Waals surface area contributed by atoms with Gasteiger partial charge in [-0.05, 0) is 16.3 Å². The van der Waals surface area contributed by atoms with Crippen LogP contribution in [0.1, 0.15) is 5.56 Å². The van der Waals surface area contributed by atoms with E-state index in [1.54, 1.807) is 11.0 Å². The maximum Gasteiger partial charge on any atom is 0.310 e. The van der Waals surface area contributed by atoms with Crippen LogP contribution < -0.4 is 0 Å². The molecule has 2 bridgehead atoms. The van der Waals surface area contributed by atoms with E-state index in [0.29, 0.717) is 13.1 Å². The lowest BCUT2D eigenvalue weighted by Crippen LogP contribution is -2.39. The first-order chi connectivity index (χ1) is 12.1. The van der Waals surface area contributed by atoms with Crippen LogP contribution in [-0.2, 0) is 20.9 Å². The highest BCUT2D eigenvalue weighted by molar-refractivity contribution is 5.91. The van der Waals surface area contributed by atoms with Crippen molar-refractivity contribution in [2.24, 2.45) is 11.8 Å². The predicted octanol–water partition coefficient (Wildman–Crippen LogP) is 2.21. The fourth-order valence-electron chi connectivity index (χ4n) is 4.63. The summed E-state index contributed by atoms with van der Waals surface area (Å²) in [7, 11) is 0. The molecule has 1 N–H and O–H groups in total. The first kappa shape index (κ1) is 14.7. The standard InChI is InChI=1S/C20H17NO4/c22-18-17-16(19(23)24)15-8-9-20(17,25-15)11-21(18)10-13-6-3-5-12-4-1-2-7-14(12)13/h1-9,15-17H,10-11H2,(H,23,24). The molecule has 5 heteroatoms. The number of likely N-dealkylation sites (tertiary alicyclic amines) is 1. The summed E-state index contributed by atoms with van der Waals surface area (Å²) in [6.07, 6.45) is 3.21. The number of aliphatic carboxylic acids is 1. The quantitative estimate of drug-likeness (QED) is 0.874. The highest BCUT2D eigenvalue weighted by Crippen LogP contribution is 2.52. The van der Waals surface area contributed by atoms with Gasteiger partial charge >= 0.3 is 5.97 Å². The first-order valence-corrected chi connectivity index (χ1v) is 8.44. The van der Waals surface area contributed by atoms with Gasteiger partial charge < -0.3 is 14.7 Å². The number of carboxylic acids is 1. The van der Waals surface area contributed by atoms with E-state index in [0.717, 1.165) is 16.3 Å². The van der Waals surface area contributed by atoms with Crippen molar-refractivity contribution in [3.05, 3.63) is 60.2 Å². The maximum absolute atomic E-state index is 13.0. The Kier molecular flexibility index (Phi) is 2.89. The lowest BCUT2D eigenvalue weighted by molar-refractivity contribution is -0.148. The van der Waals surface area contributed by atoms with E-state index in [2.05, 4.69) is 0 Å². The number of carboxylic acid groups (broad SMARTS) is 1. The highest BCUT2D eigenvalue weighted by Gasteiger charge is 2.66. The molecular formula is C20H17NO4. The summed E-state index contributed by atoms with van der Waals surface area (Å²) in [6.45, 7) is 0.878. The van der Waals surface area contributed by atoms with Gasteiger partial charge in [-0.2, -0.15) is 0 Å². The van der Waals surface area contributed by atoms with Crippen LogP contribution in [-0.4, -0.2) is 40.1 Å². The SMILES string of the molecule is O=C(O)C1C2C=CC3(CN(Cc4cccc5ccccc45)C(=O)C13)O2. The molecule has 0 aliphatic carbocycles. The van der Waals surface area contributed by atoms with Crippen molar-refractivity contribution in [3.8, 4) is 0 Å². The van der Waals surface area contributed by atoms with Crippen molar-refractivity contribution < 1.29 is 19.4 Å². The summed E-state index contributed by atoms with van der Waals surface area (Å²) in [5.41, 5.74) is 0.295. The van der Waals surface area contributed by atoms with Crippen LogP contribution in [0.25, 0.3) is 10.8 Å². The van der Waals surface area contributed by atoms with E-state index in [9.17, 15) is 14.7 Å². The third kappa shape index (κ3) is 1.93. The zero-order chi connectivity index (χ0) is 17.2. The molecule has 1 spiro atoms. The van der Waals surface area contributed by atoms with Crippen molar-refractivity contribution in [2.45, 2.75) is 18.2 Å². The largest absolute Gasteiger partial charge is 0.481 e. The molecule has 0 saturated carbocycles. The van der Waals surface area contributed by atoms with E-state index in [1.165, 1.54) is 0 Å². The lowest BCUT2D eigenvalue weighted by Gasteiger charge is -2.22. The number of amides is 1. The lowest BCUT2D eigenvalue weighted by atomic mass is 9.77. The second kappa shape index (κ2) is 4.92. The Labute approximate surface area is 144 Å². The number of ether oxygens (including phenoxy) is 1. The van der Waals surface area contributed by atoms with Gasteiger partial charge in [-0.25, -0.2) is 0 Å². The number of carbonyl (C=O) groups is 2. The normalized spacial score (nSPS) is 32.6. The monoisotopic (exact) mass is 335 g/mol. The molecule has 2 aromatic carbocycles. The molecule has 5 nitrogen and oxygen atoms in total. The molecule has 3 aliphatic rings. The van der Waals surface area contributed by atoms with E-state index in [-0.39, 0.29) is 5.91 Å². The van der Waals surface area contributed by atoms with Gasteiger partial charge in [0.2, 0.25) is 5.91 Å². The van der Waals surface area contributed by atoms with Crippen molar-refractivity contribution in [1.29, 1.82) is 0 Å². The van der Waals surface area contributed by atoms with Crippen LogP contribution in [0.15, 0.2) is 54.6 Å². The molecule has 3 aliphatic heterocycles. The summed E-state index contributed by atoms with van der Waals surface area (Å²) in [6, 6.07) is 14.1. The number of rotatable bonds is 3. The summed E-state index contributed by atoms with van der Waals surface area (Å²) < 4.78 is 5.93. The minimum atomic E-state index is -0.957. The number of benzene rings is 2. The van der Waals surface area contributed by atoms with Crippen LogP contribution >= 0.6 is 0 Å². The predicted molar refractivity (Wildman–Crippen MR) is 90.7 cm³/mol. The zero-order valence-electron chi connectivity index (χ0n) is 13.5. The fraction of sp³-hybridized carbons (Fsp3) is 0.300. The van der Waals surface area contributed by atoms with Crippen LogP contribution in [0.4, 0.5) is 0 Å². The van der Waals surface area contributed by atoms with Crippen molar-refractivity contribution in [1.82, 2.24) is 4.90 Å². The molecule has 2 fully saturated rings. The molecule has 0 aromatic heterocycles. The summed E-state index contributed by atoms with van der Waals surface area (Å²) in [5, 5.41) is 11.8. The Morgan fingerprint density at radius 3 is 2.88 bits per heavy atom. The number of hydrogen-bond acceptors (Lipinski definition) is 3. The minimum Gasteiger partial charge on any atom is -0.481 e. The number of nitrogens with zero attached hydrogens (tertiary/aromatic N) is 1. The van der Waals surface area contributed by atoms with Gasteiger partial charge in [-0.3, -0.25) is 9.59 Å². The van der Waals surface area contributed by atoms with Crippen LogP contribution in [0.5, 0.6) is 0 Å². The van der Waals surface area contributed by atoms with Gasteiger partial charge in [-0.15, -0.1) is 0 Å². The Bertz CT molecular complexity index is 931. The van der Waals surface area contributed by atoms with Crippen molar-refractivity contribution in [2.75, 3.05) is 6.54 Å². The fourth-order valence-corrected chi connectivity index (χ4v) is 4.63.